The Hall–Kier alpha value is -2.53. The predicted molar refractivity (Wildman–Crippen MR) is 111 cm³/mol. The first-order valence-corrected chi connectivity index (χ1v) is 9.90. The molecule has 2 amide bonds. The van der Waals surface area contributed by atoms with Gasteiger partial charge in [0.25, 0.3) is 11.8 Å². The van der Waals surface area contributed by atoms with Crippen molar-refractivity contribution in [3.05, 3.63) is 58.1 Å². The molecule has 0 atom stereocenters. The molecule has 148 valence electrons. The van der Waals surface area contributed by atoms with E-state index in [4.69, 9.17) is 16.3 Å². The van der Waals surface area contributed by atoms with Gasteiger partial charge in [0.05, 0.1) is 0 Å². The van der Waals surface area contributed by atoms with Crippen LogP contribution in [0.4, 0.5) is 5.69 Å². The van der Waals surface area contributed by atoms with E-state index in [9.17, 15) is 9.59 Å². The predicted octanol–water partition coefficient (Wildman–Crippen LogP) is 4.60. The zero-order chi connectivity index (χ0) is 20.1. The second kappa shape index (κ2) is 9.11. The number of nitrogens with one attached hydrogen (secondary N) is 1. The quantitative estimate of drug-likeness (QED) is 0.797. The molecule has 1 N–H and O–H groups in total. The van der Waals surface area contributed by atoms with Gasteiger partial charge in [-0.15, -0.1) is 0 Å². The SMILES string of the molecule is Cc1cc(OCC(=O)Nc2cccc(C(=O)N3CCCCC3)c2)cc(C)c1Cl. The molecule has 5 nitrogen and oxygen atoms in total. The molecule has 2 aromatic rings. The molecule has 0 aliphatic carbocycles. The summed E-state index contributed by atoms with van der Waals surface area (Å²) >= 11 is 6.15. The molecule has 0 saturated carbocycles. The van der Waals surface area contributed by atoms with Crippen molar-refractivity contribution >= 4 is 29.1 Å². The first-order valence-electron chi connectivity index (χ1n) is 9.53. The average molecular weight is 401 g/mol. The van der Waals surface area contributed by atoms with Crippen molar-refractivity contribution in [1.29, 1.82) is 0 Å². The van der Waals surface area contributed by atoms with E-state index < -0.39 is 0 Å². The molecule has 1 fully saturated rings. The average Bonchev–Trinajstić information content (AvgIpc) is 2.70. The van der Waals surface area contributed by atoms with Crippen molar-refractivity contribution < 1.29 is 14.3 Å². The topological polar surface area (TPSA) is 58.6 Å². The maximum absolute atomic E-state index is 12.6. The lowest BCUT2D eigenvalue weighted by Gasteiger charge is -2.26. The Labute approximate surface area is 170 Å². The highest BCUT2D eigenvalue weighted by atomic mass is 35.5. The minimum atomic E-state index is -0.284. The number of rotatable bonds is 5. The van der Waals surface area contributed by atoms with Crippen LogP contribution in [-0.4, -0.2) is 36.4 Å². The summed E-state index contributed by atoms with van der Waals surface area (Å²) in [4.78, 5) is 26.7. The standard InChI is InChI=1S/C22H25ClN2O3/c1-15-11-19(12-16(2)21(15)23)28-14-20(26)24-18-8-6-7-17(13-18)22(27)25-9-4-3-5-10-25/h6-8,11-13H,3-5,9-10,14H2,1-2H3,(H,24,26). The second-order valence-electron chi connectivity index (χ2n) is 7.14. The van der Waals surface area contributed by atoms with Crippen molar-refractivity contribution in [3.8, 4) is 5.75 Å². The van der Waals surface area contributed by atoms with Crippen molar-refractivity contribution in [2.75, 3.05) is 25.0 Å². The highest BCUT2D eigenvalue weighted by molar-refractivity contribution is 6.32. The van der Waals surface area contributed by atoms with Crippen molar-refractivity contribution in [3.63, 3.8) is 0 Å². The van der Waals surface area contributed by atoms with Crippen molar-refractivity contribution in [2.45, 2.75) is 33.1 Å². The third-order valence-electron chi connectivity index (χ3n) is 4.82. The molecule has 0 unspecified atom stereocenters. The Morgan fingerprint density at radius 3 is 2.43 bits per heavy atom. The molecule has 28 heavy (non-hydrogen) atoms. The van der Waals surface area contributed by atoms with Crippen LogP contribution in [0.2, 0.25) is 5.02 Å². The number of hydrogen-bond acceptors (Lipinski definition) is 3. The molecular formula is C22H25ClN2O3. The van der Waals surface area contributed by atoms with E-state index in [1.54, 1.807) is 36.4 Å². The van der Waals surface area contributed by atoms with E-state index in [-0.39, 0.29) is 18.4 Å². The third kappa shape index (κ3) is 5.04. The zero-order valence-electron chi connectivity index (χ0n) is 16.3. The smallest absolute Gasteiger partial charge is 0.262 e. The summed E-state index contributed by atoms with van der Waals surface area (Å²) in [7, 11) is 0. The van der Waals surface area contributed by atoms with E-state index in [2.05, 4.69) is 5.32 Å². The number of ether oxygens (including phenoxy) is 1. The van der Waals surface area contributed by atoms with Gasteiger partial charge in [0.15, 0.2) is 6.61 Å². The normalized spacial score (nSPS) is 13.9. The highest BCUT2D eigenvalue weighted by Gasteiger charge is 2.18. The van der Waals surface area contributed by atoms with E-state index in [0.29, 0.717) is 22.0 Å². The zero-order valence-corrected chi connectivity index (χ0v) is 17.0. The minimum absolute atomic E-state index is 0.0131. The number of nitrogens with zero attached hydrogens (tertiary/aromatic N) is 1. The molecular weight excluding hydrogens is 376 g/mol. The van der Waals surface area contributed by atoms with Crippen molar-refractivity contribution in [1.82, 2.24) is 4.90 Å². The summed E-state index contributed by atoms with van der Waals surface area (Å²) in [5.41, 5.74) is 2.98. The van der Waals surface area contributed by atoms with Gasteiger partial charge in [0.1, 0.15) is 5.75 Å². The Morgan fingerprint density at radius 1 is 1.07 bits per heavy atom. The molecule has 3 rings (SSSR count). The number of piperidine rings is 1. The Morgan fingerprint density at radius 2 is 1.75 bits per heavy atom. The van der Waals surface area contributed by atoms with Gasteiger partial charge in [0.2, 0.25) is 0 Å². The van der Waals surface area contributed by atoms with Crippen LogP contribution in [0.15, 0.2) is 36.4 Å². The van der Waals surface area contributed by atoms with Gasteiger partial charge in [-0.2, -0.15) is 0 Å². The number of carbonyl (C=O) groups is 2. The van der Waals surface area contributed by atoms with Gasteiger partial charge in [-0.25, -0.2) is 0 Å². The Bertz CT molecular complexity index is 853. The first kappa shape index (κ1) is 20.2. The van der Waals surface area contributed by atoms with Crippen LogP contribution in [-0.2, 0) is 4.79 Å². The second-order valence-corrected chi connectivity index (χ2v) is 7.52. The highest BCUT2D eigenvalue weighted by Crippen LogP contribution is 2.26. The van der Waals surface area contributed by atoms with Crippen LogP contribution in [0.5, 0.6) is 5.75 Å². The molecule has 0 spiro atoms. The monoisotopic (exact) mass is 400 g/mol. The van der Waals surface area contributed by atoms with E-state index in [0.717, 1.165) is 37.1 Å². The van der Waals surface area contributed by atoms with Gasteiger partial charge >= 0.3 is 0 Å². The third-order valence-corrected chi connectivity index (χ3v) is 5.41. The van der Waals surface area contributed by atoms with Crippen LogP contribution < -0.4 is 10.1 Å². The first-order chi connectivity index (χ1) is 13.4. The largest absolute Gasteiger partial charge is 0.484 e. The van der Waals surface area contributed by atoms with Gasteiger partial charge in [-0.3, -0.25) is 9.59 Å². The molecule has 1 saturated heterocycles. The summed E-state index contributed by atoms with van der Waals surface area (Å²) in [6, 6.07) is 10.6. The van der Waals surface area contributed by atoms with Crippen LogP contribution in [0, 0.1) is 13.8 Å². The lowest BCUT2D eigenvalue weighted by molar-refractivity contribution is -0.118. The van der Waals surface area contributed by atoms with E-state index in [1.165, 1.54) is 6.42 Å². The maximum Gasteiger partial charge on any atom is 0.262 e. The molecule has 2 aromatic carbocycles. The van der Waals surface area contributed by atoms with E-state index >= 15 is 0 Å². The number of halogens is 1. The molecule has 6 heteroatoms. The molecule has 1 aliphatic heterocycles. The fourth-order valence-corrected chi connectivity index (χ4v) is 3.45. The van der Waals surface area contributed by atoms with E-state index in [1.807, 2.05) is 18.7 Å². The van der Waals surface area contributed by atoms with Gasteiger partial charge in [-0.1, -0.05) is 17.7 Å². The number of hydrogen-bond donors (Lipinski definition) is 1. The van der Waals surface area contributed by atoms with Crippen LogP contribution in [0.3, 0.4) is 0 Å². The van der Waals surface area contributed by atoms with Crippen LogP contribution in [0.1, 0.15) is 40.7 Å². The molecule has 0 bridgehead atoms. The molecule has 1 aliphatic rings. The fraction of sp³-hybridized carbons (Fsp3) is 0.364. The van der Waals surface area contributed by atoms with Gasteiger partial charge < -0.3 is 15.0 Å². The minimum Gasteiger partial charge on any atom is -0.484 e. The van der Waals surface area contributed by atoms with Crippen LogP contribution in [0.25, 0.3) is 0 Å². The van der Waals surface area contributed by atoms with Crippen LogP contribution >= 0.6 is 11.6 Å². The lowest BCUT2D eigenvalue weighted by Crippen LogP contribution is -2.35. The van der Waals surface area contributed by atoms with Crippen molar-refractivity contribution in [2.24, 2.45) is 0 Å². The van der Waals surface area contributed by atoms with Gasteiger partial charge in [0, 0.05) is 29.4 Å². The summed E-state index contributed by atoms with van der Waals surface area (Å²) < 4.78 is 5.58. The summed E-state index contributed by atoms with van der Waals surface area (Å²) in [6.07, 6.45) is 3.26. The molecule has 0 aromatic heterocycles. The fourth-order valence-electron chi connectivity index (χ4n) is 3.35. The maximum atomic E-state index is 12.6. The summed E-state index contributed by atoms with van der Waals surface area (Å²) in [5.74, 6) is 0.329. The number of anilines is 1. The number of aryl methyl sites for hydroxylation is 2. The molecule has 1 heterocycles. The summed E-state index contributed by atoms with van der Waals surface area (Å²) in [6.45, 7) is 5.26. The lowest BCUT2D eigenvalue weighted by atomic mass is 10.1. The molecule has 0 radical (unpaired) electrons. The number of likely N-dealkylation sites (tertiary alicyclic amines) is 1. The Balaban J connectivity index is 1.59. The summed E-state index contributed by atoms with van der Waals surface area (Å²) in [5, 5.41) is 3.49. The number of benzene rings is 2. The number of carbonyl (C=O) groups excluding carboxylic acids is 2. The van der Waals surface area contributed by atoms with Gasteiger partial charge in [-0.05, 0) is 74.6 Å². The number of amides is 2. The Kier molecular flexibility index (Phi) is 6.57.